The van der Waals surface area contributed by atoms with Gasteiger partial charge in [0.15, 0.2) is 6.61 Å². The van der Waals surface area contributed by atoms with Crippen molar-refractivity contribution in [3.63, 3.8) is 0 Å². The first kappa shape index (κ1) is 20.6. The van der Waals surface area contributed by atoms with Crippen molar-refractivity contribution in [2.45, 2.75) is 39.7 Å². The Morgan fingerprint density at radius 1 is 1.17 bits per heavy atom. The highest BCUT2D eigenvalue weighted by molar-refractivity contribution is 6.35. The van der Waals surface area contributed by atoms with Gasteiger partial charge in [0.2, 0.25) is 0 Å². The Morgan fingerprint density at radius 2 is 1.79 bits per heavy atom. The van der Waals surface area contributed by atoms with Crippen molar-refractivity contribution >= 4 is 35.1 Å². The van der Waals surface area contributed by atoms with Crippen molar-refractivity contribution in [3.05, 3.63) is 28.2 Å². The summed E-state index contributed by atoms with van der Waals surface area (Å²) in [6.07, 6.45) is 0.417. The van der Waals surface area contributed by atoms with Crippen LogP contribution >= 0.6 is 23.2 Å². The van der Waals surface area contributed by atoms with Gasteiger partial charge in [-0.15, -0.1) is 0 Å². The fraction of sp³-hybridized carbons (Fsp3) is 0.529. The van der Waals surface area contributed by atoms with E-state index in [-0.39, 0.29) is 18.5 Å². The van der Waals surface area contributed by atoms with Gasteiger partial charge in [0.1, 0.15) is 5.75 Å². The molecule has 0 fully saturated rings. The van der Waals surface area contributed by atoms with Crippen LogP contribution in [0, 0.1) is 5.41 Å². The SMILES string of the molecule is COC(=O)C(C)(C)CC(C)(C)NC(=O)COc1ccc(Cl)cc1Cl. The van der Waals surface area contributed by atoms with Gasteiger partial charge in [-0.25, -0.2) is 0 Å². The first-order valence-electron chi connectivity index (χ1n) is 7.44. The lowest BCUT2D eigenvalue weighted by Gasteiger charge is -2.33. The standard InChI is InChI=1S/C17H23Cl2NO4/c1-16(2,15(22)23-5)10-17(3,4)20-14(21)9-24-13-7-6-11(18)8-12(13)19/h6-8H,9-10H2,1-5H3,(H,20,21). The van der Waals surface area contributed by atoms with Crippen molar-refractivity contribution in [3.8, 4) is 5.75 Å². The van der Waals surface area contributed by atoms with Gasteiger partial charge in [0.05, 0.1) is 17.5 Å². The third-order valence-corrected chi connectivity index (χ3v) is 3.88. The van der Waals surface area contributed by atoms with Gasteiger partial charge in [-0.1, -0.05) is 23.2 Å². The summed E-state index contributed by atoms with van der Waals surface area (Å²) in [5.74, 6) is -0.260. The van der Waals surface area contributed by atoms with Gasteiger partial charge in [-0.3, -0.25) is 9.59 Å². The largest absolute Gasteiger partial charge is 0.482 e. The summed E-state index contributed by atoms with van der Waals surface area (Å²) in [4.78, 5) is 23.9. The molecule has 0 bridgehead atoms. The van der Waals surface area contributed by atoms with Gasteiger partial charge < -0.3 is 14.8 Å². The summed E-state index contributed by atoms with van der Waals surface area (Å²) in [7, 11) is 1.35. The monoisotopic (exact) mass is 375 g/mol. The maximum atomic E-state index is 12.1. The highest BCUT2D eigenvalue weighted by Gasteiger charge is 2.36. The fourth-order valence-corrected chi connectivity index (χ4v) is 3.11. The van der Waals surface area contributed by atoms with Crippen LogP contribution < -0.4 is 10.1 Å². The molecule has 0 unspecified atom stereocenters. The van der Waals surface area contributed by atoms with Crippen molar-refractivity contribution < 1.29 is 19.1 Å². The number of hydrogen-bond donors (Lipinski definition) is 1. The van der Waals surface area contributed by atoms with Crippen LogP contribution in [0.15, 0.2) is 18.2 Å². The molecule has 1 amide bonds. The van der Waals surface area contributed by atoms with Gasteiger partial charge in [0, 0.05) is 10.6 Å². The number of methoxy groups -OCH3 is 1. The van der Waals surface area contributed by atoms with E-state index in [0.29, 0.717) is 22.2 Å². The Morgan fingerprint density at radius 3 is 2.33 bits per heavy atom. The van der Waals surface area contributed by atoms with Crippen LogP contribution in [0.3, 0.4) is 0 Å². The predicted octanol–water partition coefficient (Wildman–Crippen LogP) is 3.86. The van der Waals surface area contributed by atoms with E-state index in [1.54, 1.807) is 32.0 Å². The molecule has 0 aliphatic rings. The summed E-state index contributed by atoms with van der Waals surface area (Å²) in [5.41, 5.74) is -1.33. The van der Waals surface area contributed by atoms with E-state index in [0.717, 1.165) is 0 Å². The van der Waals surface area contributed by atoms with Gasteiger partial charge in [0.25, 0.3) is 5.91 Å². The van der Waals surface area contributed by atoms with Crippen molar-refractivity contribution in [2.75, 3.05) is 13.7 Å². The summed E-state index contributed by atoms with van der Waals surface area (Å²) < 4.78 is 10.2. The Bertz CT molecular complexity index is 615. The number of ether oxygens (including phenoxy) is 2. The highest BCUT2D eigenvalue weighted by Crippen LogP contribution is 2.29. The normalized spacial score (nSPS) is 11.8. The molecule has 0 radical (unpaired) electrons. The number of hydrogen-bond acceptors (Lipinski definition) is 4. The Hall–Kier alpha value is -1.46. The molecule has 0 spiro atoms. The Balaban J connectivity index is 2.61. The van der Waals surface area contributed by atoms with Crippen LogP contribution in [0.1, 0.15) is 34.1 Å². The number of esters is 1. The molecule has 0 atom stereocenters. The van der Waals surface area contributed by atoms with Crippen LogP contribution in [-0.2, 0) is 14.3 Å². The van der Waals surface area contributed by atoms with E-state index in [1.807, 2.05) is 13.8 Å². The lowest BCUT2D eigenvalue weighted by Crippen LogP contribution is -2.49. The third kappa shape index (κ3) is 6.21. The predicted molar refractivity (Wildman–Crippen MR) is 94.6 cm³/mol. The fourth-order valence-electron chi connectivity index (χ4n) is 2.65. The van der Waals surface area contributed by atoms with Crippen LogP contribution in [-0.4, -0.2) is 31.1 Å². The molecule has 0 saturated carbocycles. The van der Waals surface area contributed by atoms with Crippen molar-refractivity contribution in [2.24, 2.45) is 5.41 Å². The Labute approximate surface area is 152 Å². The quantitative estimate of drug-likeness (QED) is 0.734. The average molecular weight is 376 g/mol. The van der Waals surface area contributed by atoms with E-state index < -0.39 is 11.0 Å². The molecule has 5 nitrogen and oxygen atoms in total. The molecule has 0 aliphatic heterocycles. The van der Waals surface area contributed by atoms with Crippen molar-refractivity contribution in [1.29, 1.82) is 0 Å². The minimum Gasteiger partial charge on any atom is -0.482 e. The minimum atomic E-state index is -0.716. The molecule has 24 heavy (non-hydrogen) atoms. The zero-order chi connectivity index (χ0) is 18.5. The van der Waals surface area contributed by atoms with E-state index in [4.69, 9.17) is 32.7 Å². The third-order valence-electron chi connectivity index (χ3n) is 3.35. The second-order valence-electron chi connectivity index (χ2n) is 6.85. The number of nitrogens with one attached hydrogen (secondary N) is 1. The molecule has 0 aliphatic carbocycles. The molecule has 0 saturated heterocycles. The molecular formula is C17H23Cl2NO4. The van der Waals surface area contributed by atoms with Gasteiger partial charge in [-0.05, 0) is 52.3 Å². The lowest BCUT2D eigenvalue weighted by atomic mass is 9.80. The first-order valence-corrected chi connectivity index (χ1v) is 8.20. The number of halogens is 2. The molecule has 1 aromatic rings. The van der Waals surface area contributed by atoms with E-state index in [1.165, 1.54) is 7.11 Å². The maximum Gasteiger partial charge on any atom is 0.311 e. The van der Waals surface area contributed by atoms with Crippen LogP contribution in [0.5, 0.6) is 5.75 Å². The summed E-state index contributed by atoms with van der Waals surface area (Å²) >= 11 is 11.8. The molecule has 134 valence electrons. The molecular weight excluding hydrogens is 353 g/mol. The molecule has 0 aromatic heterocycles. The average Bonchev–Trinajstić information content (AvgIpc) is 2.43. The number of carbonyl (C=O) groups excluding carboxylic acids is 2. The van der Waals surface area contributed by atoms with E-state index in [9.17, 15) is 9.59 Å². The molecule has 7 heteroatoms. The molecule has 1 N–H and O–H groups in total. The Kier molecular flexibility index (Phi) is 6.93. The second kappa shape index (κ2) is 8.08. The second-order valence-corrected chi connectivity index (χ2v) is 7.69. The van der Waals surface area contributed by atoms with Gasteiger partial charge >= 0.3 is 5.97 Å². The zero-order valence-corrected chi connectivity index (χ0v) is 16.0. The number of carbonyl (C=O) groups is 2. The van der Waals surface area contributed by atoms with E-state index >= 15 is 0 Å². The molecule has 1 rings (SSSR count). The number of amides is 1. The minimum absolute atomic E-state index is 0.191. The summed E-state index contributed by atoms with van der Waals surface area (Å²) in [5, 5.41) is 3.68. The van der Waals surface area contributed by atoms with Gasteiger partial charge in [-0.2, -0.15) is 0 Å². The van der Waals surface area contributed by atoms with Crippen molar-refractivity contribution in [1.82, 2.24) is 5.32 Å². The highest BCUT2D eigenvalue weighted by atomic mass is 35.5. The summed E-state index contributed by atoms with van der Waals surface area (Å²) in [6, 6.07) is 4.77. The zero-order valence-electron chi connectivity index (χ0n) is 14.5. The van der Waals surface area contributed by atoms with E-state index in [2.05, 4.69) is 5.32 Å². The first-order chi connectivity index (χ1) is 11.0. The number of rotatable bonds is 7. The topological polar surface area (TPSA) is 64.6 Å². The molecule has 1 aromatic carbocycles. The van der Waals surface area contributed by atoms with Crippen LogP contribution in [0.25, 0.3) is 0 Å². The lowest BCUT2D eigenvalue weighted by molar-refractivity contribution is -0.152. The maximum absolute atomic E-state index is 12.1. The summed E-state index contributed by atoms with van der Waals surface area (Å²) in [6.45, 7) is 7.03. The molecule has 0 heterocycles. The smallest absolute Gasteiger partial charge is 0.311 e. The van der Waals surface area contributed by atoms with Crippen LogP contribution in [0.2, 0.25) is 10.0 Å². The van der Waals surface area contributed by atoms with Crippen LogP contribution in [0.4, 0.5) is 0 Å². The number of benzene rings is 1.